The van der Waals surface area contributed by atoms with Crippen molar-refractivity contribution in [1.29, 1.82) is 0 Å². The minimum atomic E-state index is -5.39. The Kier molecular flexibility index (Phi) is 18.5. The summed E-state index contributed by atoms with van der Waals surface area (Å²) in [6.45, 7) is 0. The van der Waals surface area contributed by atoms with Crippen LogP contribution < -0.4 is 29.4 Å². The van der Waals surface area contributed by atoms with E-state index >= 15 is 0 Å². The van der Waals surface area contributed by atoms with E-state index in [1.165, 1.54) is 0 Å². The first-order chi connectivity index (χ1) is 4.00. The maximum Gasteiger partial charge on any atom is 3.00 e. The molecular weight excluding hydrogens is 433 g/mol. The monoisotopic (exact) mass is 432 g/mol. The normalized spacial score (nSPS) is 9.83. The summed E-state index contributed by atoms with van der Waals surface area (Å²) in [5.74, 6) is 0. The summed E-state index contributed by atoms with van der Waals surface area (Å²) in [4.78, 5) is 51.3. The van der Waals surface area contributed by atoms with E-state index < -0.39 is 15.6 Å². The van der Waals surface area contributed by atoms with Crippen LogP contribution in [0.25, 0.3) is 0 Å². The molecule has 0 saturated heterocycles. The van der Waals surface area contributed by atoms with Crippen LogP contribution in [0.1, 0.15) is 0 Å². The zero-order valence-electron chi connectivity index (χ0n) is 5.05. The Morgan fingerprint density at radius 1 is 0.583 bits per heavy atom. The number of rotatable bonds is 0. The van der Waals surface area contributed by atoms with E-state index in [2.05, 4.69) is 0 Å². The summed E-state index contributed by atoms with van der Waals surface area (Å²) >= 11 is 0. The predicted octanol–water partition coefficient (Wildman–Crippen LogP) is -6.41. The summed E-state index contributed by atoms with van der Waals surface area (Å²) in [5, 5.41) is 0. The van der Waals surface area contributed by atoms with Crippen molar-refractivity contribution in [3.8, 4) is 0 Å². The van der Waals surface area contributed by atoms with Crippen molar-refractivity contribution in [1.82, 2.24) is 0 Å². The van der Waals surface area contributed by atoms with Gasteiger partial charge in [0.25, 0.3) is 0 Å². The van der Waals surface area contributed by atoms with Gasteiger partial charge in [-0.2, -0.15) is 15.6 Å². The van der Waals surface area contributed by atoms with Crippen LogP contribution in [-0.4, -0.2) is 48.9 Å². The molecule has 0 aromatic rings. The van der Waals surface area contributed by atoms with Crippen LogP contribution in [0, 0.1) is 0 Å². The number of hydrogen-bond acceptors (Lipinski definition) is 8. The maximum atomic E-state index is 8.55. The van der Waals surface area contributed by atoms with Crippen molar-refractivity contribution in [2.45, 2.75) is 0 Å². The van der Waals surface area contributed by atoms with E-state index in [4.69, 9.17) is 38.5 Å². The molecule has 0 unspecified atom stereocenters. The van der Waals surface area contributed by atoms with Crippen molar-refractivity contribution >= 4 is 64.5 Å². The minimum absolute atomic E-state index is 0. The van der Waals surface area contributed by atoms with Crippen molar-refractivity contribution in [3.05, 3.63) is 0 Å². The molecule has 8 nitrogen and oxygen atoms in total. The van der Waals surface area contributed by atoms with E-state index in [9.17, 15) is 0 Å². The summed E-state index contributed by atoms with van der Waals surface area (Å²) < 4.78 is 17.1. The first-order valence-electron chi connectivity index (χ1n) is 1.46. The van der Waals surface area contributed by atoms with Gasteiger partial charge in [-0.15, -0.1) is 0 Å². The molecule has 0 spiro atoms. The fraction of sp³-hybridized carbons (Fsp3) is 0. The standard InChI is InChI=1S/2H3O4P.2Sb/c2*1-5(2,3)4;;/h2*(H3,1,2,3,4);;/q;;2*+3/p-6. The molecule has 0 rings (SSSR count). The first-order valence-corrected chi connectivity index (χ1v) is 4.38. The van der Waals surface area contributed by atoms with Crippen molar-refractivity contribution in [3.63, 3.8) is 0 Å². The molecule has 0 amide bonds. The third-order valence-corrected chi connectivity index (χ3v) is 0. The van der Waals surface area contributed by atoms with Crippen molar-refractivity contribution < 1.29 is 38.5 Å². The smallest absolute Gasteiger partial charge is 0.822 e. The van der Waals surface area contributed by atoms with Gasteiger partial charge in [-0.3, -0.25) is 0 Å². The Labute approximate surface area is 102 Å². The molecule has 68 valence electrons. The average molecular weight is 433 g/mol. The van der Waals surface area contributed by atoms with Crippen LogP contribution in [-0.2, 0) is 9.13 Å². The van der Waals surface area contributed by atoms with Crippen LogP contribution in [0.4, 0.5) is 0 Å². The topological polar surface area (TPSA) is 172 Å². The molecule has 0 aromatic heterocycles. The molecule has 0 atom stereocenters. The molecule has 0 N–H and O–H groups in total. The second kappa shape index (κ2) is 9.41. The van der Waals surface area contributed by atoms with Gasteiger partial charge in [0.15, 0.2) is 0 Å². The SMILES string of the molecule is O=P([O-])([O-])[O-].O=P([O-])([O-])[O-].[Sb+3].[Sb+3]. The Bertz CT molecular complexity index is 127. The maximum absolute atomic E-state index is 8.55. The third-order valence-electron chi connectivity index (χ3n) is 0. The summed E-state index contributed by atoms with van der Waals surface area (Å²) in [6, 6.07) is 0. The average Bonchev–Trinajstić information content (AvgIpc) is 1.12. The van der Waals surface area contributed by atoms with E-state index in [-0.39, 0.29) is 48.9 Å². The minimum Gasteiger partial charge on any atom is -0.822 e. The molecule has 0 saturated carbocycles. The zero-order valence-corrected chi connectivity index (χ0v) is 11.9. The van der Waals surface area contributed by atoms with E-state index in [1.54, 1.807) is 0 Å². The van der Waals surface area contributed by atoms with Gasteiger partial charge < -0.3 is 38.5 Å². The third kappa shape index (κ3) is 406. The molecule has 0 fully saturated rings. The van der Waals surface area contributed by atoms with Crippen LogP contribution in [0.5, 0.6) is 0 Å². The molecule has 0 aliphatic rings. The zero-order chi connectivity index (χ0) is 9.00. The Hall–Kier alpha value is 1.86. The van der Waals surface area contributed by atoms with Gasteiger partial charge in [0, 0.05) is 0 Å². The van der Waals surface area contributed by atoms with Crippen LogP contribution in [0.3, 0.4) is 0 Å². The molecule has 0 aliphatic carbocycles. The second-order valence-corrected chi connectivity index (χ2v) is 2.68. The van der Waals surface area contributed by atoms with Crippen LogP contribution in [0.2, 0.25) is 0 Å². The van der Waals surface area contributed by atoms with Gasteiger partial charge in [0.1, 0.15) is 0 Å². The molecule has 12 heavy (non-hydrogen) atoms. The van der Waals surface area contributed by atoms with Gasteiger partial charge in [-0.1, -0.05) is 0 Å². The van der Waals surface area contributed by atoms with Gasteiger partial charge in [0.2, 0.25) is 0 Å². The fourth-order valence-corrected chi connectivity index (χ4v) is 0. The summed E-state index contributed by atoms with van der Waals surface area (Å²) in [7, 11) is -10.8. The molecule has 4 radical (unpaired) electrons. The van der Waals surface area contributed by atoms with Crippen LogP contribution >= 0.6 is 15.6 Å². The molecule has 0 aromatic carbocycles. The van der Waals surface area contributed by atoms with Gasteiger partial charge >= 0.3 is 48.9 Å². The van der Waals surface area contributed by atoms with E-state index in [0.29, 0.717) is 0 Å². The second-order valence-electron chi connectivity index (χ2n) is 0.894. The number of phosphoric acid groups is 2. The first kappa shape index (κ1) is 23.6. The largest absolute Gasteiger partial charge is 3.00 e. The van der Waals surface area contributed by atoms with Gasteiger partial charge in [0.05, 0.1) is 0 Å². The van der Waals surface area contributed by atoms with Crippen molar-refractivity contribution in [2.24, 2.45) is 0 Å². The molecule has 0 heterocycles. The number of hydrogen-bond donors (Lipinski definition) is 0. The van der Waals surface area contributed by atoms with Crippen LogP contribution in [0.15, 0.2) is 0 Å². The Balaban J connectivity index is -0.0000000457. The van der Waals surface area contributed by atoms with E-state index in [1.807, 2.05) is 0 Å². The molecule has 0 bridgehead atoms. The Morgan fingerprint density at radius 3 is 0.583 bits per heavy atom. The Morgan fingerprint density at radius 2 is 0.583 bits per heavy atom. The van der Waals surface area contributed by atoms with Gasteiger partial charge in [-0.25, -0.2) is 0 Å². The quantitative estimate of drug-likeness (QED) is 0.268. The summed E-state index contributed by atoms with van der Waals surface area (Å²) in [5.41, 5.74) is 0. The van der Waals surface area contributed by atoms with E-state index in [0.717, 1.165) is 0 Å². The predicted molar refractivity (Wildman–Crippen MR) is 26.7 cm³/mol. The molecule has 0 aliphatic heterocycles. The summed E-state index contributed by atoms with van der Waals surface area (Å²) in [6.07, 6.45) is 0. The van der Waals surface area contributed by atoms with Crippen molar-refractivity contribution in [2.75, 3.05) is 0 Å². The fourth-order valence-electron chi connectivity index (χ4n) is 0. The van der Waals surface area contributed by atoms with Gasteiger partial charge in [-0.05, 0) is 0 Å². The molecular formula is O8P2Sb2. The molecule has 12 heteroatoms.